The van der Waals surface area contributed by atoms with Crippen molar-refractivity contribution in [3.8, 4) is 0 Å². The smallest absolute Gasteiger partial charge is 0.137 e. The van der Waals surface area contributed by atoms with Crippen molar-refractivity contribution >= 4 is 6.29 Å². The first kappa shape index (κ1) is 6.35. The number of aldehydes is 1. The molecule has 1 atom stereocenters. The van der Waals surface area contributed by atoms with Crippen molar-refractivity contribution in [1.29, 1.82) is 0 Å². The summed E-state index contributed by atoms with van der Waals surface area (Å²) >= 11 is 0. The molecule has 0 aromatic carbocycles. The van der Waals surface area contributed by atoms with E-state index < -0.39 is 0 Å². The first-order valence-electron chi connectivity index (χ1n) is 4.13. The van der Waals surface area contributed by atoms with Crippen LogP contribution in [0.15, 0.2) is 0 Å². The van der Waals surface area contributed by atoms with E-state index in [1.165, 1.54) is 19.3 Å². The van der Waals surface area contributed by atoms with Gasteiger partial charge in [0.15, 0.2) is 0 Å². The lowest BCUT2D eigenvalue weighted by molar-refractivity contribution is -0.111. The second kappa shape index (κ2) is 2.35. The van der Waals surface area contributed by atoms with Crippen LogP contribution in [0.1, 0.15) is 25.7 Å². The molecule has 2 rings (SSSR count). The lowest BCUT2D eigenvalue weighted by atomic mass is 10.2. The van der Waals surface area contributed by atoms with Crippen LogP contribution in [0.25, 0.3) is 0 Å². The number of carbonyl (C=O) groups is 1. The zero-order valence-electron chi connectivity index (χ0n) is 6.12. The van der Waals surface area contributed by atoms with Crippen LogP contribution in [-0.2, 0) is 4.79 Å². The lowest BCUT2D eigenvalue weighted by Gasteiger charge is -2.18. The van der Waals surface area contributed by atoms with Gasteiger partial charge in [0.2, 0.25) is 0 Å². The Labute approximate surface area is 61.2 Å². The summed E-state index contributed by atoms with van der Waals surface area (Å²) in [6, 6.07) is 1.05. The minimum Gasteiger partial charge on any atom is -0.302 e. The standard InChI is InChI=1S/C8H13NO/c10-6-8-2-1-5-9(8)7-3-4-7/h6-8H,1-5H2. The van der Waals surface area contributed by atoms with Crippen LogP contribution < -0.4 is 0 Å². The monoisotopic (exact) mass is 139 g/mol. The quantitative estimate of drug-likeness (QED) is 0.528. The highest BCUT2D eigenvalue weighted by Gasteiger charge is 2.36. The zero-order chi connectivity index (χ0) is 6.97. The Kier molecular flexibility index (Phi) is 1.49. The van der Waals surface area contributed by atoms with Gasteiger partial charge in [-0.1, -0.05) is 0 Å². The van der Waals surface area contributed by atoms with Crippen molar-refractivity contribution in [2.75, 3.05) is 6.54 Å². The van der Waals surface area contributed by atoms with Gasteiger partial charge in [0.1, 0.15) is 6.29 Å². The van der Waals surface area contributed by atoms with Crippen LogP contribution in [-0.4, -0.2) is 29.8 Å². The molecule has 1 unspecified atom stereocenters. The summed E-state index contributed by atoms with van der Waals surface area (Å²) in [5, 5.41) is 0. The van der Waals surface area contributed by atoms with E-state index in [4.69, 9.17) is 0 Å². The number of nitrogens with zero attached hydrogens (tertiary/aromatic N) is 1. The molecule has 1 aliphatic carbocycles. The third kappa shape index (κ3) is 0.966. The van der Waals surface area contributed by atoms with Crippen molar-refractivity contribution in [2.24, 2.45) is 0 Å². The predicted octanol–water partition coefficient (Wildman–Crippen LogP) is 0.812. The molecule has 2 fully saturated rings. The highest BCUT2D eigenvalue weighted by Crippen LogP contribution is 2.32. The molecule has 2 aliphatic rings. The molecule has 0 radical (unpaired) electrons. The van der Waals surface area contributed by atoms with Gasteiger partial charge in [-0.2, -0.15) is 0 Å². The van der Waals surface area contributed by atoms with E-state index in [0.29, 0.717) is 0 Å². The van der Waals surface area contributed by atoms with Gasteiger partial charge in [-0.05, 0) is 32.2 Å². The fraction of sp³-hybridized carbons (Fsp3) is 0.875. The maximum Gasteiger partial charge on any atom is 0.137 e. The van der Waals surface area contributed by atoms with Crippen LogP contribution in [0, 0.1) is 0 Å². The van der Waals surface area contributed by atoms with E-state index in [9.17, 15) is 4.79 Å². The molecule has 0 N–H and O–H groups in total. The van der Waals surface area contributed by atoms with Gasteiger partial charge in [0.05, 0.1) is 6.04 Å². The van der Waals surface area contributed by atoms with E-state index >= 15 is 0 Å². The zero-order valence-corrected chi connectivity index (χ0v) is 6.12. The summed E-state index contributed by atoms with van der Waals surface area (Å²) in [7, 11) is 0. The minimum atomic E-state index is 0.271. The number of hydrogen-bond acceptors (Lipinski definition) is 2. The Bertz CT molecular complexity index is 142. The third-order valence-corrected chi connectivity index (χ3v) is 2.52. The molecule has 1 heterocycles. The average Bonchev–Trinajstić information content (AvgIpc) is 2.69. The van der Waals surface area contributed by atoms with E-state index in [1.54, 1.807) is 0 Å². The molecule has 0 aromatic heterocycles. The molecule has 0 aromatic rings. The van der Waals surface area contributed by atoms with Crippen molar-refractivity contribution in [3.63, 3.8) is 0 Å². The highest BCUT2D eigenvalue weighted by atomic mass is 16.1. The van der Waals surface area contributed by atoms with Gasteiger partial charge in [0.25, 0.3) is 0 Å². The highest BCUT2D eigenvalue weighted by molar-refractivity contribution is 5.58. The molecule has 1 saturated heterocycles. The Balaban J connectivity index is 1.97. The van der Waals surface area contributed by atoms with Gasteiger partial charge in [0, 0.05) is 6.04 Å². The fourth-order valence-electron chi connectivity index (χ4n) is 1.82. The largest absolute Gasteiger partial charge is 0.302 e. The van der Waals surface area contributed by atoms with Gasteiger partial charge in [-0.3, -0.25) is 4.90 Å². The Morgan fingerprint density at radius 2 is 2.10 bits per heavy atom. The van der Waals surface area contributed by atoms with Crippen molar-refractivity contribution in [1.82, 2.24) is 4.90 Å². The summed E-state index contributed by atoms with van der Waals surface area (Å²) in [5.41, 5.74) is 0. The van der Waals surface area contributed by atoms with Gasteiger partial charge < -0.3 is 4.79 Å². The molecule has 1 saturated carbocycles. The summed E-state index contributed by atoms with van der Waals surface area (Å²) < 4.78 is 0. The number of likely N-dealkylation sites (tertiary alicyclic amines) is 1. The normalized spacial score (nSPS) is 34.6. The van der Waals surface area contributed by atoms with Crippen LogP contribution in [0.4, 0.5) is 0 Å². The van der Waals surface area contributed by atoms with Crippen LogP contribution >= 0.6 is 0 Å². The second-order valence-corrected chi connectivity index (χ2v) is 3.31. The number of rotatable bonds is 2. The van der Waals surface area contributed by atoms with Crippen LogP contribution in [0.5, 0.6) is 0 Å². The molecule has 10 heavy (non-hydrogen) atoms. The molecule has 2 nitrogen and oxygen atoms in total. The lowest BCUT2D eigenvalue weighted by Crippen LogP contribution is -2.32. The summed E-state index contributed by atoms with van der Waals surface area (Å²) in [6.07, 6.45) is 6.08. The Hall–Kier alpha value is -0.370. The van der Waals surface area contributed by atoms with Crippen LogP contribution in [0.2, 0.25) is 0 Å². The Morgan fingerprint density at radius 3 is 2.70 bits per heavy atom. The minimum absolute atomic E-state index is 0.271. The average molecular weight is 139 g/mol. The number of carbonyl (C=O) groups excluding carboxylic acids is 1. The van der Waals surface area contributed by atoms with E-state index in [1.807, 2.05) is 0 Å². The molecule has 56 valence electrons. The van der Waals surface area contributed by atoms with E-state index in [0.717, 1.165) is 25.3 Å². The molecule has 0 bridgehead atoms. The summed E-state index contributed by atoms with van der Waals surface area (Å²) in [4.78, 5) is 12.9. The molecule has 0 amide bonds. The van der Waals surface area contributed by atoms with Gasteiger partial charge in [-0.25, -0.2) is 0 Å². The molecular formula is C8H13NO. The van der Waals surface area contributed by atoms with Gasteiger partial charge in [-0.15, -0.1) is 0 Å². The SMILES string of the molecule is O=CC1CCCN1C1CC1. The maximum atomic E-state index is 10.5. The van der Waals surface area contributed by atoms with Crippen molar-refractivity contribution in [3.05, 3.63) is 0 Å². The molecule has 2 heteroatoms. The Morgan fingerprint density at radius 1 is 1.30 bits per heavy atom. The van der Waals surface area contributed by atoms with E-state index in [-0.39, 0.29) is 6.04 Å². The van der Waals surface area contributed by atoms with E-state index in [2.05, 4.69) is 4.90 Å². The van der Waals surface area contributed by atoms with Crippen molar-refractivity contribution in [2.45, 2.75) is 37.8 Å². The topological polar surface area (TPSA) is 20.3 Å². The second-order valence-electron chi connectivity index (χ2n) is 3.31. The summed E-state index contributed by atoms with van der Waals surface area (Å²) in [5.74, 6) is 0. The fourth-order valence-corrected chi connectivity index (χ4v) is 1.82. The molecule has 0 spiro atoms. The van der Waals surface area contributed by atoms with Crippen molar-refractivity contribution < 1.29 is 4.79 Å². The molecule has 1 aliphatic heterocycles. The predicted molar refractivity (Wildman–Crippen MR) is 38.8 cm³/mol. The van der Waals surface area contributed by atoms with Gasteiger partial charge >= 0.3 is 0 Å². The summed E-state index contributed by atoms with van der Waals surface area (Å²) in [6.45, 7) is 1.16. The van der Waals surface area contributed by atoms with Crippen LogP contribution in [0.3, 0.4) is 0 Å². The maximum absolute atomic E-state index is 10.5. The molecular weight excluding hydrogens is 126 g/mol. The first-order chi connectivity index (χ1) is 4.92. The first-order valence-corrected chi connectivity index (χ1v) is 4.13. The third-order valence-electron chi connectivity index (χ3n) is 2.52. The number of hydrogen-bond donors (Lipinski definition) is 0.